The molecule has 14 heavy (non-hydrogen) atoms. The maximum absolute atomic E-state index is 3.39. The van der Waals surface area contributed by atoms with Crippen molar-refractivity contribution in [2.24, 2.45) is 0 Å². The fraction of sp³-hybridized carbons (Fsp3) is 0.500. The third-order valence-electron chi connectivity index (χ3n) is 3.06. The van der Waals surface area contributed by atoms with Gasteiger partial charge in [-0.25, -0.2) is 0 Å². The first-order valence-electron chi connectivity index (χ1n) is 5.30. The van der Waals surface area contributed by atoms with Crippen LogP contribution in [0.2, 0.25) is 0 Å². The molecule has 1 aromatic carbocycles. The lowest BCUT2D eigenvalue weighted by atomic mass is 10.0. The Labute approximate surface area is 85.9 Å². The van der Waals surface area contributed by atoms with Crippen molar-refractivity contribution in [3.8, 4) is 0 Å². The highest BCUT2D eigenvalue weighted by Crippen LogP contribution is 2.31. The number of fused-ring (bicyclic) bond motifs is 1. The van der Waals surface area contributed by atoms with E-state index >= 15 is 0 Å². The number of anilines is 1. The maximum Gasteiger partial charge on any atom is 0.0412 e. The summed E-state index contributed by atoms with van der Waals surface area (Å²) in [6.07, 6.45) is 2.49. The van der Waals surface area contributed by atoms with Gasteiger partial charge in [-0.1, -0.05) is 18.2 Å². The number of para-hydroxylation sites is 1. The number of nitrogens with zero attached hydrogens (tertiary/aromatic N) is 1. The highest BCUT2D eigenvalue weighted by atomic mass is 15.1. The summed E-state index contributed by atoms with van der Waals surface area (Å²) in [5.41, 5.74) is 2.82. The molecular weight excluding hydrogens is 172 g/mol. The summed E-state index contributed by atoms with van der Waals surface area (Å²) >= 11 is 0. The van der Waals surface area contributed by atoms with Gasteiger partial charge in [0.25, 0.3) is 0 Å². The second kappa shape index (κ2) is 4.01. The quantitative estimate of drug-likeness (QED) is 0.730. The van der Waals surface area contributed by atoms with Gasteiger partial charge in [0, 0.05) is 25.3 Å². The highest BCUT2D eigenvalue weighted by molar-refractivity contribution is 5.55. The van der Waals surface area contributed by atoms with E-state index in [4.69, 9.17) is 0 Å². The summed E-state index contributed by atoms with van der Waals surface area (Å²) < 4.78 is 0. The first kappa shape index (κ1) is 9.53. The van der Waals surface area contributed by atoms with Gasteiger partial charge >= 0.3 is 0 Å². The van der Waals surface area contributed by atoms with Gasteiger partial charge in [-0.3, -0.25) is 0 Å². The van der Waals surface area contributed by atoms with Crippen LogP contribution in [0.25, 0.3) is 0 Å². The van der Waals surface area contributed by atoms with Gasteiger partial charge < -0.3 is 10.2 Å². The van der Waals surface area contributed by atoms with E-state index in [2.05, 4.69) is 41.5 Å². The molecule has 0 fully saturated rings. The second-order valence-electron chi connectivity index (χ2n) is 3.96. The SMILES string of the molecule is CNC1CCCN(C)c2ccccc21. The molecule has 76 valence electrons. The van der Waals surface area contributed by atoms with Crippen LogP contribution in [0.3, 0.4) is 0 Å². The molecule has 2 rings (SSSR count). The molecule has 0 amide bonds. The first-order chi connectivity index (χ1) is 6.83. The van der Waals surface area contributed by atoms with Crippen molar-refractivity contribution >= 4 is 5.69 Å². The van der Waals surface area contributed by atoms with Crippen LogP contribution in [0.1, 0.15) is 24.4 Å². The molecule has 0 saturated heterocycles. The summed E-state index contributed by atoms with van der Waals surface area (Å²) in [5.74, 6) is 0. The Morgan fingerprint density at radius 1 is 1.36 bits per heavy atom. The van der Waals surface area contributed by atoms with Gasteiger partial charge in [-0.15, -0.1) is 0 Å². The minimum atomic E-state index is 0.524. The predicted octanol–water partition coefficient (Wildman–Crippen LogP) is 2.18. The summed E-state index contributed by atoms with van der Waals surface area (Å²) in [6, 6.07) is 9.22. The molecule has 0 radical (unpaired) electrons. The van der Waals surface area contributed by atoms with Gasteiger partial charge in [0.15, 0.2) is 0 Å². The van der Waals surface area contributed by atoms with Crippen LogP contribution in [0.5, 0.6) is 0 Å². The molecule has 2 nitrogen and oxygen atoms in total. The van der Waals surface area contributed by atoms with Crippen molar-refractivity contribution in [1.82, 2.24) is 5.32 Å². The zero-order valence-corrected chi connectivity index (χ0v) is 8.96. The standard InChI is InChI=1S/C12H18N2/c1-13-11-7-5-9-14(2)12-8-4-3-6-10(11)12/h3-4,6,8,11,13H,5,7,9H2,1-2H3. The van der Waals surface area contributed by atoms with E-state index in [9.17, 15) is 0 Å². The molecule has 0 aliphatic carbocycles. The van der Waals surface area contributed by atoms with Crippen LogP contribution < -0.4 is 10.2 Å². The zero-order valence-electron chi connectivity index (χ0n) is 8.96. The largest absolute Gasteiger partial charge is 0.374 e. The van der Waals surface area contributed by atoms with Gasteiger partial charge in [-0.2, -0.15) is 0 Å². The van der Waals surface area contributed by atoms with E-state index in [-0.39, 0.29) is 0 Å². The minimum absolute atomic E-state index is 0.524. The molecule has 1 N–H and O–H groups in total. The average molecular weight is 190 g/mol. The molecule has 0 spiro atoms. The van der Waals surface area contributed by atoms with Crippen LogP contribution in [-0.4, -0.2) is 20.6 Å². The summed E-state index contributed by atoms with van der Waals surface area (Å²) in [6.45, 7) is 1.16. The molecule has 0 aromatic heterocycles. The van der Waals surface area contributed by atoms with Crippen LogP contribution >= 0.6 is 0 Å². The van der Waals surface area contributed by atoms with E-state index < -0.39 is 0 Å². The highest BCUT2D eigenvalue weighted by Gasteiger charge is 2.18. The van der Waals surface area contributed by atoms with Gasteiger partial charge in [0.1, 0.15) is 0 Å². The van der Waals surface area contributed by atoms with E-state index in [0.29, 0.717) is 6.04 Å². The fourth-order valence-electron chi connectivity index (χ4n) is 2.24. The van der Waals surface area contributed by atoms with Crippen LogP contribution in [0.15, 0.2) is 24.3 Å². The topological polar surface area (TPSA) is 15.3 Å². The number of hydrogen-bond acceptors (Lipinski definition) is 2. The van der Waals surface area contributed by atoms with Crippen LogP contribution in [0.4, 0.5) is 5.69 Å². The molecule has 2 heteroatoms. The van der Waals surface area contributed by atoms with E-state index in [1.54, 1.807) is 0 Å². The lowest BCUT2D eigenvalue weighted by Crippen LogP contribution is -2.18. The minimum Gasteiger partial charge on any atom is -0.374 e. The Morgan fingerprint density at radius 2 is 2.14 bits per heavy atom. The van der Waals surface area contributed by atoms with Gasteiger partial charge in [0.05, 0.1) is 0 Å². The lowest BCUT2D eigenvalue weighted by Gasteiger charge is -2.21. The fourth-order valence-corrected chi connectivity index (χ4v) is 2.24. The molecular formula is C12H18N2. The number of nitrogens with one attached hydrogen (secondary N) is 1. The van der Waals surface area contributed by atoms with E-state index in [0.717, 1.165) is 6.54 Å². The van der Waals surface area contributed by atoms with Crippen molar-refractivity contribution < 1.29 is 0 Å². The first-order valence-corrected chi connectivity index (χ1v) is 5.30. The zero-order chi connectivity index (χ0) is 9.97. The average Bonchev–Trinajstić information content (AvgIpc) is 2.39. The Hall–Kier alpha value is -1.02. The summed E-state index contributed by atoms with van der Waals surface area (Å²) in [4.78, 5) is 2.35. The third-order valence-corrected chi connectivity index (χ3v) is 3.06. The molecule has 1 unspecified atom stereocenters. The smallest absolute Gasteiger partial charge is 0.0412 e. The van der Waals surface area contributed by atoms with Crippen molar-refractivity contribution in [1.29, 1.82) is 0 Å². The van der Waals surface area contributed by atoms with Gasteiger partial charge in [0.2, 0.25) is 0 Å². The lowest BCUT2D eigenvalue weighted by molar-refractivity contribution is 0.543. The van der Waals surface area contributed by atoms with Crippen LogP contribution in [-0.2, 0) is 0 Å². The Balaban J connectivity index is 2.41. The van der Waals surface area contributed by atoms with Crippen molar-refractivity contribution in [2.75, 3.05) is 25.5 Å². The normalized spacial score (nSPS) is 21.6. The Bertz CT molecular complexity index is 309. The van der Waals surface area contributed by atoms with E-state index in [1.165, 1.54) is 24.1 Å². The molecule has 1 heterocycles. The van der Waals surface area contributed by atoms with Gasteiger partial charge in [-0.05, 0) is 31.5 Å². The third kappa shape index (κ3) is 1.62. The molecule has 0 saturated carbocycles. The Morgan fingerprint density at radius 3 is 2.93 bits per heavy atom. The molecule has 1 aliphatic rings. The second-order valence-corrected chi connectivity index (χ2v) is 3.96. The molecule has 0 bridgehead atoms. The van der Waals surface area contributed by atoms with Crippen LogP contribution in [0, 0.1) is 0 Å². The predicted molar refractivity (Wildman–Crippen MR) is 60.7 cm³/mol. The monoisotopic (exact) mass is 190 g/mol. The molecule has 1 aliphatic heterocycles. The summed E-state index contributed by atoms with van der Waals surface area (Å²) in [5, 5.41) is 3.39. The van der Waals surface area contributed by atoms with Crippen molar-refractivity contribution in [3.05, 3.63) is 29.8 Å². The maximum atomic E-state index is 3.39. The Kier molecular flexibility index (Phi) is 2.73. The van der Waals surface area contributed by atoms with E-state index in [1.807, 2.05) is 7.05 Å². The number of benzene rings is 1. The molecule has 1 atom stereocenters. The van der Waals surface area contributed by atoms with Crippen molar-refractivity contribution in [3.63, 3.8) is 0 Å². The summed E-state index contributed by atoms with van der Waals surface area (Å²) in [7, 11) is 4.23. The molecule has 1 aromatic rings. The number of hydrogen-bond donors (Lipinski definition) is 1. The van der Waals surface area contributed by atoms with Crippen molar-refractivity contribution in [2.45, 2.75) is 18.9 Å². The number of rotatable bonds is 1.